The lowest BCUT2D eigenvalue weighted by Gasteiger charge is -2.39. The molecule has 0 radical (unpaired) electrons. The van der Waals surface area contributed by atoms with E-state index in [-0.39, 0.29) is 0 Å². The molecule has 8 aromatic rings. The average Bonchev–Trinajstić information content (AvgIpc) is 3.18. The maximum absolute atomic E-state index is 2.61. The van der Waals surface area contributed by atoms with Crippen LogP contribution in [0, 0.1) is 0 Å². The predicted octanol–water partition coefficient (Wildman–Crippen LogP) is 12.0. The van der Waals surface area contributed by atoms with E-state index in [1.807, 2.05) is 0 Å². The minimum absolute atomic E-state index is 0.392. The molecule has 4 heteroatoms. The van der Waals surface area contributed by atoms with Crippen LogP contribution in [0.4, 0.5) is 22.7 Å². The number of rotatable bonds is 2. The van der Waals surface area contributed by atoms with Crippen LogP contribution < -0.4 is 31.0 Å². The maximum Gasteiger partial charge on any atom is 0.123 e. The van der Waals surface area contributed by atoms with Crippen molar-refractivity contribution >= 4 is 102 Å². The van der Waals surface area contributed by atoms with Gasteiger partial charge in [-0.15, -0.1) is 0 Å². The zero-order valence-corrected chi connectivity index (χ0v) is 33.6. The molecule has 0 aliphatic carbocycles. The number of fused-ring (bicyclic) bond motifs is 10. The van der Waals surface area contributed by atoms with Crippen molar-refractivity contribution in [1.29, 1.82) is 0 Å². The van der Waals surface area contributed by atoms with Gasteiger partial charge in [0, 0.05) is 41.2 Å². The molecule has 0 bridgehead atoms. The maximum atomic E-state index is 2.61. The van der Waals surface area contributed by atoms with Crippen LogP contribution >= 0.6 is 15.2 Å². The molecule has 0 amide bonds. The predicted molar refractivity (Wildman–Crippen MR) is 240 cm³/mol. The third-order valence-corrected chi connectivity index (χ3v) is 19.5. The van der Waals surface area contributed by atoms with Gasteiger partial charge in [-0.1, -0.05) is 129 Å². The Kier molecular flexibility index (Phi) is 8.34. The summed E-state index contributed by atoms with van der Waals surface area (Å²) in [5, 5.41) is 16.1. The summed E-state index contributed by atoms with van der Waals surface area (Å²) in [6, 6.07) is 55.7. The van der Waals surface area contributed by atoms with Crippen LogP contribution in [-0.4, -0.2) is 32.1 Å². The monoisotopic (exact) mass is 725 g/mol. The lowest BCUT2D eigenvalue weighted by atomic mass is 10.0. The summed E-state index contributed by atoms with van der Waals surface area (Å²) in [4.78, 5) is 5.18. The molecule has 0 saturated carbocycles. The van der Waals surface area contributed by atoms with Crippen molar-refractivity contribution in [2.75, 3.05) is 30.6 Å². The minimum atomic E-state index is -2.10. The molecule has 0 aromatic heterocycles. The summed E-state index contributed by atoms with van der Waals surface area (Å²) in [5.74, 6) is 0. The van der Waals surface area contributed by atoms with Crippen molar-refractivity contribution in [2.45, 2.75) is 39.0 Å². The highest BCUT2D eigenvalue weighted by molar-refractivity contribution is 7.90. The first-order valence-electron chi connectivity index (χ1n) is 18.9. The number of anilines is 4. The number of hydrogen-bond acceptors (Lipinski definition) is 2. The highest BCUT2D eigenvalue weighted by Crippen LogP contribution is 2.62. The van der Waals surface area contributed by atoms with Gasteiger partial charge >= 0.3 is 0 Å². The van der Waals surface area contributed by atoms with E-state index < -0.39 is 15.2 Å². The van der Waals surface area contributed by atoms with Gasteiger partial charge in [-0.05, 0) is 90.1 Å². The van der Waals surface area contributed by atoms with Crippen LogP contribution in [0.25, 0.3) is 43.1 Å². The highest BCUT2D eigenvalue weighted by Gasteiger charge is 2.47. The van der Waals surface area contributed by atoms with Gasteiger partial charge in [0.05, 0.1) is 36.6 Å². The zero-order valence-electron chi connectivity index (χ0n) is 31.8. The Morgan fingerprint density at radius 1 is 0.453 bits per heavy atom. The SMILES string of the molecule is CC(C)P1c2cc3ccccc3cc2N(C)c2cc3ccccc3cc2[P+](C)(C(C)C)c2ccc3ccccc3c2N(C)c2c1ccc1ccccc21. The molecule has 1 heterocycles. The second-order valence-corrected chi connectivity index (χ2v) is 22.3. The summed E-state index contributed by atoms with van der Waals surface area (Å²) in [6.45, 7) is 12.4. The van der Waals surface area contributed by atoms with E-state index in [2.05, 4.69) is 204 Å². The molecule has 0 saturated heterocycles. The van der Waals surface area contributed by atoms with Gasteiger partial charge in [0.1, 0.15) is 10.6 Å². The van der Waals surface area contributed by atoms with Crippen molar-refractivity contribution in [3.05, 3.63) is 146 Å². The molecule has 2 unspecified atom stereocenters. The van der Waals surface area contributed by atoms with Crippen LogP contribution in [0.15, 0.2) is 146 Å². The second-order valence-electron chi connectivity index (χ2n) is 15.4. The van der Waals surface area contributed by atoms with Gasteiger partial charge in [0.15, 0.2) is 0 Å². The van der Waals surface area contributed by atoms with E-state index in [4.69, 9.17) is 0 Å². The molecule has 0 spiro atoms. The smallest absolute Gasteiger partial charge is 0.123 e. The molecule has 0 fully saturated rings. The van der Waals surface area contributed by atoms with E-state index in [0.717, 1.165) is 0 Å². The average molecular weight is 726 g/mol. The number of benzene rings is 8. The fourth-order valence-corrected chi connectivity index (χ4v) is 15.3. The zero-order chi connectivity index (χ0) is 36.6. The summed E-state index contributed by atoms with van der Waals surface area (Å²) in [6.07, 6.45) is 0. The first kappa shape index (κ1) is 34.1. The lowest BCUT2D eigenvalue weighted by molar-refractivity contribution is 1.09. The number of hydrogen-bond donors (Lipinski definition) is 0. The molecular formula is C49H47N2P2+. The Morgan fingerprint density at radius 3 is 1.53 bits per heavy atom. The van der Waals surface area contributed by atoms with E-state index in [1.54, 1.807) is 0 Å². The summed E-state index contributed by atoms with van der Waals surface area (Å²) < 4.78 is 0. The van der Waals surface area contributed by atoms with Gasteiger partial charge in [0.25, 0.3) is 0 Å². The van der Waals surface area contributed by atoms with E-state index in [1.165, 1.54) is 87.1 Å². The largest absolute Gasteiger partial charge is 0.341 e. The first-order chi connectivity index (χ1) is 25.7. The Labute approximate surface area is 316 Å². The molecule has 262 valence electrons. The molecule has 2 atom stereocenters. The molecule has 0 N–H and O–H groups in total. The molecule has 1 aliphatic heterocycles. The Morgan fingerprint density at radius 2 is 0.943 bits per heavy atom. The van der Waals surface area contributed by atoms with Gasteiger partial charge in [-0.25, -0.2) is 0 Å². The molecule has 1 aliphatic rings. The lowest BCUT2D eigenvalue weighted by Crippen LogP contribution is -2.37. The second kappa shape index (κ2) is 13.0. The van der Waals surface area contributed by atoms with Crippen molar-refractivity contribution in [3.8, 4) is 0 Å². The molecule has 9 rings (SSSR count). The van der Waals surface area contributed by atoms with Crippen LogP contribution in [0.2, 0.25) is 0 Å². The fraction of sp³-hybridized carbons (Fsp3) is 0.184. The summed E-state index contributed by atoms with van der Waals surface area (Å²) in [7, 11) is 1.77. The highest BCUT2D eigenvalue weighted by atomic mass is 31.2. The minimum Gasteiger partial charge on any atom is -0.341 e. The van der Waals surface area contributed by atoms with E-state index in [9.17, 15) is 0 Å². The third-order valence-electron chi connectivity index (χ3n) is 11.9. The van der Waals surface area contributed by atoms with Crippen molar-refractivity contribution in [2.24, 2.45) is 0 Å². The van der Waals surface area contributed by atoms with Crippen LogP contribution in [0.5, 0.6) is 0 Å². The van der Waals surface area contributed by atoms with Crippen LogP contribution in [-0.2, 0) is 0 Å². The molecule has 2 nitrogen and oxygen atoms in total. The van der Waals surface area contributed by atoms with Gasteiger partial charge < -0.3 is 9.80 Å². The summed E-state index contributed by atoms with van der Waals surface area (Å²) >= 11 is 0. The van der Waals surface area contributed by atoms with E-state index >= 15 is 0 Å². The quantitative estimate of drug-likeness (QED) is 0.164. The number of nitrogens with zero attached hydrogens (tertiary/aromatic N) is 2. The Balaban J connectivity index is 1.52. The Bertz CT molecular complexity index is 2710. The molecular weight excluding hydrogens is 679 g/mol. The van der Waals surface area contributed by atoms with Gasteiger partial charge in [0.2, 0.25) is 0 Å². The van der Waals surface area contributed by atoms with E-state index in [0.29, 0.717) is 11.3 Å². The molecule has 53 heavy (non-hydrogen) atoms. The van der Waals surface area contributed by atoms with Gasteiger partial charge in [-0.2, -0.15) is 0 Å². The van der Waals surface area contributed by atoms with Crippen LogP contribution in [0.1, 0.15) is 27.7 Å². The van der Waals surface area contributed by atoms with Crippen LogP contribution in [0.3, 0.4) is 0 Å². The third kappa shape index (κ3) is 5.29. The van der Waals surface area contributed by atoms with Crippen molar-refractivity contribution in [1.82, 2.24) is 0 Å². The normalized spacial score (nSPS) is 17.5. The molecule has 8 aromatic carbocycles. The summed E-state index contributed by atoms with van der Waals surface area (Å²) in [5.41, 5.74) is 6.07. The topological polar surface area (TPSA) is 6.48 Å². The van der Waals surface area contributed by atoms with Gasteiger partial charge in [-0.3, -0.25) is 0 Å². The fourth-order valence-electron chi connectivity index (χ4n) is 8.91. The first-order valence-corrected chi connectivity index (χ1v) is 22.6. The van der Waals surface area contributed by atoms with Crippen molar-refractivity contribution < 1.29 is 0 Å². The standard InChI is InChI=1S/C49H47N2P2/c1-32(2)52-44-26-24-34-16-12-14-22-40(34)48(44)51(6)49-41-23-15-13-17-35(41)25-27-46(49)53(7,33(3)4)47-31-39-21-11-9-19-37(39)29-43(47)50(5)42-28-36-18-8-10-20-38(36)30-45(42)52/h8-33H,1-7H3/q+1. The Hall–Kier alpha value is -4.74. The van der Waals surface area contributed by atoms with Crippen molar-refractivity contribution in [3.63, 3.8) is 0 Å².